The number of carboxylic acids is 1. The van der Waals surface area contributed by atoms with E-state index in [9.17, 15) is 9.90 Å². The molecular weight excluding hydrogens is 567 g/mol. The second-order valence-corrected chi connectivity index (χ2v) is 15.6. The molecule has 236 valence electrons. The van der Waals surface area contributed by atoms with Crippen molar-refractivity contribution in [2.45, 2.75) is 102 Å². The third-order valence-corrected chi connectivity index (χ3v) is 12.5. The van der Waals surface area contributed by atoms with Crippen LogP contribution in [0.1, 0.15) is 100 Å². The molecule has 0 bridgehead atoms. The maximum atomic E-state index is 12.0. The number of hydrogen-bond acceptors (Lipinski definition) is 4. The second-order valence-electron chi connectivity index (χ2n) is 13.1. The molecule has 1 aliphatic carbocycles. The van der Waals surface area contributed by atoms with Gasteiger partial charge in [0.25, 0.3) is 0 Å². The maximum Gasteiger partial charge on any atom is 0.303 e. The molecule has 2 aromatic carbocycles. The van der Waals surface area contributed by atoms with Crippen molar-refractivity contribution in [2.75, 3.05) is 12.3 Å². The van der Waals surface area contributed by atoms with Gasteiger partial charge in [0.15, 0.2) is 0 Å². The highest BCUT2D eigenvalue weighted by Crippen LogP contribution is 2.39. The molecule has 0 saturated heterocycles. The van der Waals surface area contributed by atoms with Crippen LogP contribution in [0.25, 0.3) is 0 Å². The summed E-state index contributed by atoms with van der Waals surface area (Å²) in [5, 5.41) is 9.89. The van der Waals surface area contributed by atoms with Crippen molar-refractivity contribution in [1.82, 2.24) is 0 Å². The Morgan fingerprint density at radius 1 is 0.791 bits per heavy atom. The highest BCUT2D eigenvalue weighted by Gasteiger charge is 2.28. The Bertz CT molecular complexity index is 1080. The zero-order valence-corrected chi connectivity index (χ0v) is 27.8. The van der Waals surface area contributed by atoms with Gasteiger partial charge >= 0.3 is 5.97 Å². The lowest BCUT2D eigenvalue weighted by atomic mass is 9.75. The molecule has 0 aromatic heterocycles. The van der Waals surface area contributed by atoms with Gasteiger partial charge in [-0.25, -0.2) is 0 Å². The monoisotopic (exact) mass is 621 g/mol. The standard InChI is InChI=1S/C38H55NO2S2/c39-25-24-34-21-20-33(17-9-3-6-14-30-12-4-1-5-13-30)37(26-31-15-7-2-8-16-31)29-43-42-28-36-19-11-10-18-32(36)22-23-35(34)27-38(40)41/h2-3,7-11,15-16,18-19,30,33-35,37H,1,4-6,12-14,17,20-29,39H2,(H,40,41). The Kier molecular flexibility index (Phi) is 15.6. The Balaban J connectivity index is 1.54. The van der Waals surface area contributed by atoms with Crippen LogP contribution < -0.4 is 5.73 Å². The molecule has 4 atom stereocenters. The molecule has 1 heterocycles. The van der Waals surface area contributed by atoms with E-state index in [1.54, 1.807) is 0 Å². The first kappa shape index (κ1) is 34.2. The molecule has 0 amide bonds. The summed E-state index contributed by atoms with van der Waals surface area (Å²) in [5.41, 5.74) is 10.4. The molecule has 2 aromatic rings. The number of benzene rings is 2. The molecule has 1 fully saturated rings. The fraction of sp³-hybridized carbons (Fsp3) is 0.605. The van der Waals surface area contributed by atoms with Gasteiger partial charge < -0.3 is 10.8 Å². The van der Waals surface area contributed by atoms with Gasteiger partial charge in [0.05, 0.1) is 0 Å². The van der Waals surface area contributed by atoms with Crippen LogP contribution in [-0.4, -0.2) is 23.4 Å². The molecule has 1 saturated carbocycles. The summed E-state index contributed by atoms with van der Waals surface area (Å²) in [5.74, 6) is 4.08. The molecule has 4 unspecified atom stereocenters. The summed E-state index contributed by atoms with van der Waals surface area (Å²) in [6.07, 6.45) is 22.1. The first-order valence-corrected chi connectivity index (χ1v) is 19.5. The number of nitrogens with two attached hydrogens (primary N) is 1. The summed E-state index contributed by atoms with van der Waals surface area (Å²) in [6, 6.07) is 19.8. The quantitative estimate of drug-likeness (QED) is 0.193. The van der Waals surface area contributed by atoms with Gasteiger partial charge in [0.1, 0.15) is 0 Å². The normalized spacial score (nSPS) is 24.8. The molecule has 3 nitrogen and oxygen atoms in total. The smallest absolute Gasteiger partial charge is 0.303 e. The Morgan fingerprint density at radius 2 is 1.53 bits per heavy atom. The van der Waals surface area contributed by atoms with Gasteiger partial charge in [-0.15, -0.1) is 0 Å². The van der Waals surface area contributed by atoms with Gasteiger partial charge in [-0.05, 0) is 111 Å². The van der Waals surface area contributed by atoms with Crippen LogP contribution in [0.4, 0.5) is 0 Å². The average molecular weight is 622 g/mol. The predicted octanol–water partition coefficient (Wildman–Crippen LogP) is 10.1. The number of fused-ring (bicyclic) bond motifs is 1. The topological polar surface area (TPSA) is 63.3 Å². The second kappa shape index (κ2) is 19.6. The van der Waals surface area contributed by atoms with Gasteiger partial charge in [-0.1, -0.05) is 120 Å². The third kappa shape index (κ3) is 12.3. The van der Waals surface area contributed by atoms with Crippen molar-refractivity contribution in [3.8, 4) is 0 Å². The highest BCUT2D eigenvalue weighted by molar-refractivity contribution is 8.76. The van der Waals surface area contributed by atoms with Crippen LogP contribution in [-0.2, 0) is 23.4 Å². The van der Waals surface area contributed by atoms with Crippen LogP contribution in [0.15, 0.2) is 66.7 Å². The fourth-order valence-electron chi connectivity index (χ4n) is 7.53. The zero-order chi connectivity index (χ0) is 30.1. The van der Waals surface area contributed by atoms with Crippen molar-refractivity contribution in [2.24, 2.45) is 35.3 Å². The molecule has 5 heteroatoms. The minimum atomic E-state index is -0.673. The van der Waals surface area contributed by atoms with Crippen LogP contribution in [0.3, 0.4) is 0 Å². The van der Waals surface area contributed by atoms with Crippen LogP contribution in [0.5, 0.6) is 0 Å². The van der Waals surface area contributed by atoms with Crippen molar-refractivity contribution in [3.05, 3.63) is 83.4 Å². The van der Waals surface area contributed by atoms with E-state index in [-0.39, 0.29) is 12.3 Å². The molecular formula is C38H55NO2S2. The summed E-state index contributed by atoms with van der Waals surface area (Å²) in [4.78, 5) is 12.0. The Morgan fingerprint density at radius 3 is 2.30 bits per heavy atom. The van der Waals surface area contributed by atoms with E-state index < -0.39 is 5.97 Å². The molecule has 43 heavy (non-hydrogen) atoms. The van der Waals surface area contributed by atoms with Gasteiger partial charge in [0.2, 0.25) is 0 Å². The predicted molar refractivity (Wildman–Crippen MR) is 187 cm³/mol. The van der Waals surface area contributed by atoms with Crippen molar-refractivity contribution in [1.29, 1.82) is 0 Å². The first-order chi connectivity index (χ1) is 21.1. The minimum absolute atomic E-state index is 0.165. The number of aryl methyl sites for hydroxylation is 1. The first-order valence-electron chi connectivity index (χ1n) is 17.0. The Hall–Kier alpha value is -1.69. The molecule has 2 aliphatic rings. The number of rotatable bonds is 11. The lowest BCUT2D eigenvalue weighted by molar-refractivity contribution is -0.138. The molecule has 3 N–H and O–H groups in total. The fourth-order valence-corrected chi connectivity index (χ4v) is 10.1. The summed E-state index contributed by atoms with van der Waals surface area (Å²) in [7, 11) is 4.05. The van der Waals surface area contributed by atoms with Crippen LogP contribution in [0, 0.1) is 29.6 Å². The van der Waals surface area contributed by atoms with Crippen molar-refractivity contribution >= 4 is 27.6 Å². The summed E-state index contributed by atoms with van der Waals surface area (Å²) in [6.45, 7) is 0.628. The highest BCUT2D eigenvalue weighted by atomic mass is 33.1. The molecule has 4 rings (SSSR count). The third-order valence-electron chi connectivity index (χ3n) is 10.1. The summed E-state index contributed by atoms with van der Waals surface area (Å²) < 4.78 is 0. The van der Waals surface area contributed by atoms with E-state index in [0.717, 1.165) is 62.4 Å². The lowest BCUT2D eigenvalue weighted by Gasteiger charge is -2.31. The number of carboxylic acid groups (broad SMARTS) is 1. The van der Waals surface area contributed by atoms with E-state index in [1.165, 1.54) is 61.6 Å². The molecule has 0 spiro atoms. The van der Waals surface area contributed by atoms with E-state index in [2.05, 4.69) is 77.5 Å². The van der Waals surface area contributed by atoms with Gasteiger partial charge in [0, 0.05) is 17.9 Å². The number of aliphatic carboxylic acids is 1. The minimum Gasteiger partial charge on any atom is -0.481 e. The largest absolute Gasteiger partial charge is 0.481 e. The SMILES string of the molecule is NCCC1CCC(CC=CCCC2CCCCC2)C(Cc2ccccc2)CSSCc2ccccc2CCC1CC(=O)O. The van der Waals surface area contributed by atoms with Gasteiger partial charge in [-0.3, -0.25) is 4.79 Å². The zero-order valence-electron chi connectivity index (χ0n) is 26.2. The summed E-state index contributed by atoms with van der Waals surface area (Å²) >= 11 is 0. The number of carbonyl (C=O) groups is 1. The maximum absolute atomic E-state index is 12.0. The molecule has 1 aliphatic heterocycles. The van der Waals surface area contributed by atoms with Crippen molar-refractivity contribution < 1.29 is 9.90 Å². The lowest BCUT2D eigenvalue weighted by Crippen LogP contribution is -2.25. The van der Waals surface area contributed by atoms with Crippen LogP contribution in [0.2, 0.25) is 0 Å². The number of hydrogen-bond donors (Lipinski definition) is 2. The van der Waals surface area contributed by atoms with E-state index in [0.29, 0.717) is 24.3 Å². The van der Waals surface area contributed by atoms with Crippen molar-refractivity contribution in [3.63, 3.8) is 0 Å². The number of allylic oxidation sites excluding steroid dienone is 2. The van der Waals surface area contributed by atoms with Gasteiger partial charge in [-0.2, -0.15) is 0 Å². The molecule has 0 radical (unpaired) electrons. The van der Waals surface area contributed by atoms with E-state index in [1.807, 2.05) is 10.8 Å². The average Bonchev–Trinajstić information content (AvgIpc) is 3.02. The Labute approximate surface area is 269 Å². The van der Waals surface area contributed by atoms with E-state index >= 15 is 0 Å². The van der Waals surface area contributed by atoms with Crippen LogP contribution >= 0.6 is 21.6 Å². The van der Waals surface area contributed by atoms with E-state index in [4.69, 9.17) is 5.73 Å².